The zero-order valence-corrected chi connectivity index (χ0v) is 19.8. The summed E-state index contributed by atoms with van der Waals surface area (Å²) >= 11 is 1.21. The number of hydrogen-bond acceptors (Lipinski definition) is 6. The molecule has 8 nitrogen and oxygen atoms in total. The Labute approximate surface area is 191 Å². The van der Waals surface area contributed by atoms with E-state index in [0.717, 1.165) is 29.6 Å². The number of piperidine rings is 1. The van der Waals surface area contributed by atoms with Gasteiger partial charge in [-0.3, -0.25) is 4.79 Å². The van der Waals surface area contributed by atoms with Crippen LogP contribution in [0.3, 0.4) is 0 Å². The molecular formula is C22H27N5O3S2. The summed E-state index contributed by atoms with van der Waals surface area (Å²) in [6, 6.07) is 5.27. The van der Waals surface area contributed by atoms with Crippen molar-refractivity contribution in [2.45, 2.75) is 61.7 Å². The second kappa shape index (κ2) is 8.24. The number of rotatable bonds is 6. The van der Waals surface area contributed by atoms with Gasteiger partial charge in [0.15, 0.2) is 5.65 Å². The summed E-state index contributed by atoms with van der Waals surface area (Å²) in [5.41, 5.74) is 2.40. The number of hydrogen-bond donors (Lipinski definition) is 1. The second-order valence-electron chi connectivity index (χ2n) is 8.91. The molecule has 1 amide bonds. The van der Waals surface area contributed by atoms with E-state index in [2.05, 4.69) is 23.7 Å². The molecule has 2 fully saturated rings. The van der Waals surface area contributed by atoms with Crippen LogP contribution in [-0.2, 0) is 10.0 Å². The second-order valence-corrected chi connectivity index (χ2v) is 11.8. The smallest absolute Gasteiger partial charge is 0.254 e. The number of nitrogens with one attached hydrogen (secondary N) is 1. The monoisotopic (exact) mass is 473 g/mol. The van der Waals surface area contributed by atoms with Crippen molar-refractivity contribution in [3.63, 3.8) is 0 Å². The molecule has 0 bridgehead atoms. The van der Waals surface area contributed by atoms with Crippen molar-refractivity contribution in [2.24, 2.45) is 0 Å². The van der Waals surface area contributed by atoms with Crippen LogP contribution in [0.25, 0.3) is 11.0 Å². The standard InChI is InChI=1S/C22H27N5O3S2/c1-14(2)27-21-18(13-23-27)17(12-19(24-21)15-5-6-15)22(28)26-9-7-16(8-10-26)25-32(29,30)20-4-3-11-31-20/h3-4,11-16,25H,5-10H2,1-2H3. The first-order chi connectivity index (χ1) is 15.3. The topological polar surface area (TPSA) is 97.2 Å². The van der Waals surface area contributed by atoms with Crippen molar-refractivity contribution in [1.82, 2.24) is 24.4 Å². The van der Waals surface area contributed by atoms with Crippen LogP contribution in [0.5, 0.6) is 0 Å². The third kappa shape index (κ3) is 4.06. The molecule has 3 aromatic rings. The van der Waals surface area contributed by atoms with Crippen LogP contribution in [0.4, 0.5) is 0 Å². The molecule has 3 aromatic heterocycles. The molecule has 10 heteroatoms. The van der Waals surface area contributed by atoms with Crippen LogP contribution in [0.2, 0.25) is 0 Å². The van der Waals surface area contributed by atoms with E-state index in [1.807, 2.05) is 15.6 Å². The number of fused-ring (bicyclic) bond motifs is 1. The molecule has 1 saturated heterocycles. The zero-order chi connectivity index (χ0) is 22.5. The Hall–Kier alpha value is -2.30. The number of carbonyl (C=O) groups excluding carboxylic acids is 1. The molecule has 0 unspecified atom stereocenters. The third-order valence-electron chi connectivity index (χ3n) is 6.17. The number of aromatic nitrogens is 3. The van der Waals surface area contributed by atoms with Crippen LogP contribution in [0, 0.1) is 0 Å². The minimum absolute atomic E-state index is 0.0258. The minimum atomic E-state index is -3.50. The molecule has 0 spiro atoms. The van der Waals surface area contributed by atoms with E-state index in [1.54, 1.807) is 23.7 Å². The maximum atomic E-state index is 13.5. The first-order valence-electron chi connectivity index (χ1n) is 11.1. The normalized spacial score (nSPS) is 18.0. The number of likely N-dealkylation sites (tertiary alicyclic amines) is 1. The van der Waals surface area contributed by atoms with E-state index >= 15 is 0 Å². The molecule has 1 N–H and O–H groups in total. The summed E-state index contributed by atoms with van der Waals surface area (Å²) in [7, 11) is -3.50. The molecule has 4 heterocycles. The number of nitrogens with zero attached hydrogens (tertiary/aromatic N) is 4. The van der Waals surface area contributed by atoms with Crippen LogP contribution in [0.1, 0.15) is 67.5 Å². The summed E-state index contributed by atoms with van der Waals surface area (Å²) in [4.78, 5) is 20.2. The SMILES string of the molecule is CC(C)n1ncc2c(C(=O)N3CCC(NS(=O)(=O)c4cccs4)CC3)cc(C3CC3)nc21. The predicted octanol–water partition coefficient (Wildman–Crippen LogP) is 3.53. The van der Waals surface area contributed by atoms with E-state index in [4.69, 9.17) is 4.98 Å². The molecule has 32 heavy (non-hydrogen) atoms. The number of thiophene rings is 1. The van der Waals surface area contributed by atoms with Crippen LogP contribution in [0.15, 0.2) is 34.0 Å². The molecule has 2 aliphatic rings. The van der Waals surface area contributed by atoms with E-state index in [9.17, 15) is 13.2 Å². The quantitative estimate of drug-likeness (QED) is 0.591. The van der Waals surface area contributed by atoms with Crippen molar-refractivity contribution in [1.29, 1.82) is 0 Å². The van der Waals surface area contributed by atoms with Crippen molar-refractivity contribution in [3.05, 3.63) is 41.0 Å². The van der Waals surface area contributed by atoms with E-state index in [1.165, 1.54) is 11.3 Å². The highest BCUT2D eigenvalue weighted by Gasteiger charge is 2.31. The average molecular weight is 474 g/mol. The fraction of sp³-hybridized carbons (Fsp3) is 0.500. The lowest BCUT2D eigenvalue weighted by molar-refractivity contribution is 0.0713. The van der Waals surface area contributed by atoms with Crippen molar-refractivity contribution < 1.29 is 13.2 Å². The van der Waals surface area contributed by atoms with Gasteiger partial charge in [0.1, 0.15) is 4.21 Å². The first kappa shape index (κ1) is 21.5. The fourth-order valence-corrected chi connectivity index (χ4v) is 6.56. The Bertz CT molecular complexity index is 1240. The Morgan fingerprint density at radius 3 is 2.59 bits per heavy atom. The highest BCUT2D eigenvalue weighted by Crippen LogP contribution is 2.40. The molecule has 1 aliphatic carbocycles. The molecule has 1 aliphatic heterocycles. The summed E-state index contributed by atoms with van der Waals surface area (Å²) in [5, 5.41) is 7.03. The van der Waals surface area contributed by atoms with Gasteiger partial charge in [0.2, 0.25) is 10.0 Å². The van der Waals surface area contributed by atoms with E-state index in [0.29, 0.717) is 41.6 Å². The van der Waals surface area contributed by atoms with Crippen molar-refractivity contribution in [2.75, 3.05) is 13.1 Å². The number of pyridine rings is 1. The molecule has 0 radical (unpaired) electrons. The maximum absolute atomic E-state index is 13.5. The fourth-order valence-electron chi connectivity index (χ4n) is 4.25. The van der Waals surface area contributed by atoms with Gasteiger partial charge in [-0.15, -0.1) is 11.3 Å². The lowest BCUT2D eigenvalue weighted by atomic mass is 10.0. The first-order valence-corrected chi connectivity index (χ1v) is 13.4. The van der Waals surface area contributed by atoms with Crippen LogP contribution in [-0.4, -0.2) is 53.1 Å². The Morgan fingerprint density at radius 2 is 1.97 bits per heavy atom. The predicted molar refractivity (Wildman–Crippen MR) is 123 cm³/mol. The number of sulfonamides is 1. The number of carbonyl (C=O) groups is 1. The van der Waals surface area contributed by atoms with Gasteiger partial charge < -0.3 is 4.90 Å². The largest absolute Gasteiger partial charge is 0.339 e. The molecule has 0 atom stereocenters. The summed E-state index contributed by atoms with van der Waals surface area (Å²) in [5.74, 6) is 0.404. The molecule has 0 aromatic carbocycles. The molecular weight excluding hydrogens is 446 g/mol. The lowest BCUT2D eigenvalue weighted by Gasteiger charge is -2.32. The molecule has 170 valence electrons. The van der Waals surface area contributed by atoms with E-state index in [-0.39, 0.29) is 18.0 Å². The maximum Gasteiger partial charge on any atom is 0.254 e. The summed E-state index contributed by atoms with van der Waals surface area (Å²) in [6.45, 7) is 5.14. The third-order valence-corrected chi connectivity index (χ3v) is 9.08. The highest BCUT2D eigenvalue weighted by atomic mass is 32.2. The average Bonchev–Trinajstić information content (AvgIpc) is 3.28. The number of amides is 1. The van der Waals surface area contributed by atoms with Crippen molar-refractivity contribution in [3.8, 4) is 0 Å². The van der Waals surface area contributed by atoms with Gasteiger partial charge in [0, 0.05) is 36.8 Å². The molecule has 1 saturated carbocycles. The Balaban J connectivity index is 1.34. The van der Waals surface area contributed by atoms with Crippen molar-refractivity contribution >= 4 is 38.3 Å². The summed E-state index contributed by atoms with van der Waals surface area (Å²) in [6.07, 6.45) is 5.14. The summed E-state index contributed by atoms with van der Waals surface area (Å²) < 4.78 is 30.0. The van der Waals surface area contributed by atoms with Gasteiger partial charge in [-0.2, -0.15) is 5.10 Å². The van der Waals surface area contributed by atoms with Gasteiger partial charge in [0.25, 0.3) is 5.91 Å². The van der Waals surface area contributed by atoms with Gasteiger partial charge in [-0.25, -0.2) is 22.8 Å². The van der Waals surface area contributed by atoms with E-state index < -0.39 is 10.0 Å². The van der Waals surface area contributed by atoms with Gasteiger partial charge in [0.05, 0.1) is 17.1 Å². The highest BCUT2D eigenvalue weighted by molar-refractivity contribution is 7.91. The Kier molecular flexibility index (Phi) is 5.55. The van der Waals surface area contributed by atoms with Gasteiger partial charge in [-0.05, 0) is 57.0 Å². The van der Waals surface area contributed by atoms with Gasteiger partial charge >= 0.3 is 0 Å². The van der Waals surface area contributed by atoms with Crippen LogP contribution >= 0.6 is 11.3 Å². The zero-order valence-electron chi connectivity index (χ0n) is 18.2. The Morgan fingerprint density at radius 1 is 1.22 bits per heavy atom. The lowest BCUT2D eigenvalue weighted by Crippen LogP contribution is -2.46. The van der Waals surface area contributed by atoms with Gasteiger partial charge in [-0.1, -0.05) is 6.07 Å². The molecule has 5 rings (SSSR count). The van der Waals surface area contributed by atoms with Crippen LogP contribution < -0.4 is 4.72 Å². The minimum Gasteiger partial charge on any atom is -0.339 e.